The summed E-state index contributed by atoms with van der Waals surface area (Å²) in [4.78, 5) is 35.7. The first-order valence-electron chi connectivity index (χ1n) is 7.50. The number of carboxylic acids is 1. The molecule has 9 heteroatoms. The standard InChI is InChI=1S/C17H14N4O4S/c1-9-3-4-12(8-18-9)25-17-13(5-14(26-17)16(23)24)21-15(22)11-6-19-10(2)20-7-11/h3-8H,1-2H3,(H,21,22)(H,23,24). The number of anilines is 1. The molecule has 8 nitrogen and oxygen atoms in total. The third-order valence-corrected chi connectivity index (χ3v) is 4.30. The van der Waals surface area contributed by atoms with Gasteiger partial charge in [-0.1, -0.05) is 11.3 Å². The topological polar surface area (TPSA) is 114 Å². The first-order valence-corrected chi connectivity index (χ1v) is 8.31. The summed E-state index contributed by atoms with van der Waals surface area (Å²) in [6, 6.07) is 4.82. The number of nitrogens with one attached hydrogen (secondary N) is 1. The Balaban J connectivity index is 1.87. The average molecular weight is 370 g/mol. The van der Waals surface area contributed by atoms with Gasteiger partial charge in [0, 0.05) is 18.1 Å². The van der Waals surface area contributed by atoms with Crippen LogP contribution in [0.2, 0.25) is 0 Å². The van der Waals surface area contributed by atoms with Crippen molar-refractivity contribution in [3.63, 3.8) is 0 Å². The van der Waals surface area contributed by atoms with Crippen LogP contribution in [0.15, 0.2) is 36.8 Å². The van der Waals surface area contributed by atoms with Crippen LogP contribution in [-0.4, -0.2) is 31.9 Å². The second kappa shape index (κ2) is 7.28. The summed E-state index contributed by atoms with van der Waals surface area (Å²) in [5.74, 6) is -0.600. The summed E-state index contributed by atoms with van der Waals surface area (Å²) in [6.07, 6.45) is 4.31. The van der Waals surface area contributed by atoms with Gasteiger partial charge in [0.15, 0.2) is 0 Å². The van der Waals surface area contributed by atoms with E-state index in [4.69, 9.17) is 4.74 Å². The molecule has 3 rings (SSSR count). The number of thiophene rings is 1. The Hall–Kier alpha value is -3.33. The van der Waals surface area contributed by atoms with E-state index < -0.39 is 11.9 Å². The zero-order valence-electron chi connectivity index (χ0n) is 13.9. The Morgan fingerprint density at radius 3 is 2.46 bits per heavy atom. The summed E-state index contributed by atoms with van der Waals surface area (Å²) >= 11 is 0.911. The van der Waals surface area contributed by atoms with Crippen LogP contribution in [0.1, 0.15) is 31.5 Å². The van der Waals surface area contributed by atoms with Crippen molar-refractivity contribution in [1.29, 1.82) is 0 Å². The minimum atomic E-state index is -1.11. The molecule has 0 aliphatic heterocycles. The number of hydrogen-bond donors (Lipinski definition) is 2. The molecule has 1 amide bonds. The molecular formula is C17H14N4O4S. The van der Waals surface area contributed by atoms with Crippen molar-refractivity contribution in [2.24, 2.45) is 0 Å². The summed E-state index contributed by atoms with van der Waals surface area (Å²) in [6.45, 7) is 3.55. The number of carbonyl (C=O) groups excluding carboxylic acids is 1. The van der Waals surface area contributed by atoms with Crippen molar-refractivity contribution in [2.45, 2.75) is 13.8 Å². The number of aromatic carboxylic acids is 1. The van der Waals surface area contributed by atoms with Gasteiger partial charge in [0.2, 0.25) is 5.06 Å². The zero-order chi connectivity index (χ0) is 18.7. The molecule has 0 unspecified atom stereocenters. The van der Waals surface area contributed by atoms with E-state index in [1.165, 1.54) is 24.7 Å². The van der Waals surface area contributed by atoms with E-state index in [0.29, 0.717) is 11.6 Å². The number of hydrogen-bond acceptors (Lipinski definition) is 7. The van der Waals surface area contributed by atoms with Gasteiger partial charge >= 0.3 is 5.97 Å². The van der Waals surface area contributed by atoms with Crippen LogP contribution in [0.25, 0.3) is 0 Å². The zero-order valence-corrected chi connectivity index (χ0v) is 14.7. The predicted molar refractivity (Wildman–Crippen MR) is 95.0 cm³/mol. The normalized spacial score (nSPS) is 10.4. The molecule has 0 spiro atoms. The first kappa shape index (κ1) is 17.5. The number of carbonyl (C=O) groups is 2. The number of ether oxygens (including phenoxy) is 1. The van der Waals surface area contributed by atoms with Gasteiger partial charge in [-0.25, -0.2) is 14.8 Å². The van der Waals surface area contributed by atoms with Crippen LogP contribution >= 0.6 is 11.3 Å². The van der Waals surface area contributed by atoms with Gasteiger partial charge in [-0.15, -0.1) is 0 Å². The molecule has 0 saturated carbocycles. The lowest BCUT2D eigenvalue weighted by Crippen LogP contribution is -2.13. The second-order valence-corrected chi connectivity index (χ2v) is 6.34. The van der Waals surface area contributed by atoms with E-state index in [9.17, 15) is 14.7 Å². The molecule has 0 saturated heterocycles. The molecule has 0 aliphatic carbocycles. The highest BCUT2D eigenvalue weighted by atomic mass is 32.1. The molecule has 3 aromatic heterocycles. The molecule has 2 N–H and O–H groups in total. The predicted octanol–water partition coefficient (Wildman–Crippen LogP) is 3.29. The van der Waals surface area contributed by atoms with Crippen LogP contribution in [0, 0.1) is 13.8 Å². The van der Waals surface area contributed by atoms with Gasteiger partial charge in [0.1, 0.15) is 16.5 Å². The highest BCUT2D eigenvalue weighted by molar-refractivity contribution is 7.16. The van der Waals surface area contributed by atoms with Gasteiger partial charge < -0.3 is 15.2 Å². The molecule has 0 radical (unpaired) electrons. The smallest absolute Gasteiger partial charge is 0.346 e. The van der Waals surface area contributed by atoms with Gasteiger partial charge in [-0.3, -0.25) is 9.78 Å². The number of aryl methyl sites for hydroxylation is 2. The fourth-order valence-corrected chi connectivity index (χ4v) is 2.79. The molecule has 3 aromatic rings. The van der Waals surface area contributed by atoms with Crippen LogP contribution in [0.3, 0.4) is 0 Å². The highest BCUT2D eigenvalue weighted by Crippen LogP contribution is 2.38. The minimum absolute atomic E-state index is 0.0375. The molecule has 0 bridgehead atoms. The lowest BCUT2D eigenvalue weighted by Gasteiger charge is -2.08. The number of carboxylic acid groups (broad SMARTS) is 1. The molecule has 0 aliphatic rings. The number of amides is 1. The number of pyridine rings is 1. The lowest BCUT2D eigenvalue weighted by atomic mass is 10.3. The number of aromatic nitrogens is 3. The Labute approximate surface area is 152 Å². The van der Waals surface area contributed by atoms with Gasteiger partial charge in [-0.2, -0.15) is 0 Å². The molecular weight excluding hydrogens is 356 g/mol. The molecule has 26 heavy (non-hydrogen) atoms. The monoisotopic (exact) mass is 370 g/mol. The van der Waals surface area contributed by atoms with E-state index in [-0.39, 0.29) is 21.2 Å². The fraction of sp³-hybridized carbons (Fsp3) is 0.118. The first-order chi connectivity index (χ1) is 12.4. The van der Waals surface area contributed by atoms with E-state index in [2.05, 4.69) is 20.3 Å². The molecule has 3 heterocycles. The molecule has 132 valence electrons. The number of rotatable bonds is 5. The Bertz CT molecular complexity index is 952. The van der Waals surface area contributed by atoms with Crippen LogP contribution in [-0.2, 0) is 0 Å². The highest BCUT2D eigenvalue weighted by Gasteiger charge is 2.19. The van der Waals surface area contributed by atoms with Gasteiger partial charge in [0.05, 0.1) is 17.4 Å². The summed E-state index contributed by atoms with van der Waals surface area (Å²) in [5, 5.41) is 12.1. The maximum atomic E-state index is 12.4. The van der Waals surface area contributed by atoms with E-state index in [0.717, 1.165) is 17.0 Å². The Kier molecular flexibility index (Phi) is 4.90. The van der Waals surface area contributed by atoms with E-state index in [1.807, 2.05) is 6.92 Å². The van der Waals surface area contributed by atoms with Crippen molar-refractivity contribution in [1.82, 2.24) is 15.0 Å². The maximum Gasteiger partial charge on any atom is 0.346 e. The quantitative estimate of drug-likeness (QED) is 0.708. The number of nitrogens with zero attached hydrogens (tertiary/aromatic N) is 3. The molecule has 0 fully saturated rings. The third-order valence-electron chi connectivity index (χ3n) is 3.29. The van der Waals surface area contributed by atoms with Gasteiger partial charge in [0.25, 0.3) is 5.91 Å². The second-order valence-electron chi connectivity index (χ2n) is 5.33. The van der Waals surface area contributed by atoms with Crippen LogP contribution in [0.5, 0.6) is 10.8 Å². The SMILES string of the molecule is Cc1ccc(Oc2sc(C(=O)O)cc2NC(=O)c2cnc(C)nc2)cn1. The Morgan fingerprint density at radius 2 is 1.85 bits per heavy atom. The van der Waals surface area contributed by atoms with E-state index >= 15 is 0 Å². The largest absolute Gasteiger partial charge is 0.477 e. The van der Waals surface area contributed by atoms with Crippen LogP contribution in [0.4, 0.5) is 5.69 Å². The fourth-order valence-electron chi connectivity index (χ4n) is 1.97. The third kappa shape index (κ3) is 4.01. The summed E-state index contributed by atoms with van der Waals surface area (Å²) in [5.41, 5.74) is 1.32. The molecule has 0 atom stereocenters. The van der Waals surface area contributed by atoms with Gasteiger partial charge in [-0.05, 0) is 32.0 Å². The maximum absolute atomic E-state index is 12.4. The molecule has 0 aromatic carbocycles. The van der Waals surface area contributed by atoms with Crippen molar-refractivity contribution in [2.75, 3.05) is 5.32 Å². The Morgan fingerprint density at radius 1 is 1.12 bits per heavy atom. The summed E-state index contributed by atoms with van der Waals surface area (Å²) < 4.78 is 5.70. The van der Waals surface area contributed by atoms with Crippen molar-refractivity contribution >= 4 is 28.9 Å². The van der Waals surface area contributed by atoms with Crippen molar-refractivity contribution in [3.8, 4) is 10.8 Å². The van der Waals surface area contributed by atoms with Crippen molar-refractivity contribution < 1.29 is 19.4 Å². The van der Waals surface area contributed by atoms with Crippen molar-refractivity contribution in [3.05, 3.63) is 58.7 Å². The van der Waals surface area contributed by atoms with E-state index in [1.54, 1.807) is 19.1 Å². The minimum Gasteiger partial charge on any atom is -0.477 e. The van der Waals surface area contributed by atoms with Crippen LogP contribution < -0.4 is 10.1 Å². The average Bonchev–Trinajstić information content (AvgIpc) is 3.00. The lowest BCUT2D eigenvalue weighted by molar-refractivity contribution is 0.0701. The summed E-state index contributed by atoms with van der Waals surface area (Å²) in [7, 11) is 0.